The highest BCUT2D eigenvalue weighted by atomic mass is 19.1. The van der Waals surface area contributed by atoms with Gasteiger partial charge in [0.15, 0.2) is 0 Å². The van der Waals surface area contributed by atoms with E-state index in [4.69, 9.17) is 5.26 Å². The van der Waals surface area contributed by atoms with Gasteiger partial charge in [-0.25, -0.2) is 4.39 Å². The molecule has 4 heteroatoms. The summed E-state index contributed by atoms with van der Waals surface area (Å²) in [6.07, 6.45) is 2.92. The number of hydrogen-bond donors (Lipinski definition) is 0. The molecule has 0 aromatic heterocycles. The minimum absolute atomic E-state index is 0.0407. The van der Waals surface area contributed by atoms with Crippen LogP contribution in [0.15, 0.2) is 24.3 Å². The second kappa shape index (κ2) is 4.90. The number of hydrogen-bond acceptors (Lipinski definition) is 2. The second-order valence-corrected chi connectivity index (χ2v) is 5.76. The van der Waals surface area contributed by atoms with Crippen molar-refractivity contribution in [2.75, 3.05) is 13.1 Å². The number of piperidine rings is 1. The molecule has 0 radical (unpaired) electrons. The lowest BCUT2D eigenvalue weighted by Gasteiger charge is -2.32. The topological polar surface area (TPSA) is 44.1 Å². The Morgan fingerprint density at radius 1 is 1.30 bits per heavy atom. The monoisotopic (exact) mass is 272 g/mol. The first-order valence-corrected chi connectivity index (χ1v) is 7.11. The van der Waals surface area contributed by atoms with Crippen molar-refractivity contribution in [2.45, 2.75) is 31.1 Å². The highest BCUT2D eigenvalue weighted by molar-refractivity contribution is 5.91. The molecule has 2 aliphatic rings. The summed E-state index contributed by atoms with van der Waals surface area (Å²) in [5.41, 5.74) is -0.0995. The van der Waals surface area contributed by atoms with Gasteiger partial charge in [-0.3, -0.25) is 4.79 Å². The normalized spacial score (nSPS) is 21.3. The third kappa shape index (κ3) is 2.07. The van der Waals surface area contributed by atoms with Crippen LogP contribution in [0.2, 0.25) is 0 Å². The van der Waals surface area contributed by atoms with Gasteiger partial charge in [0.2, 0.25) is 5.91 Å². The van der Waals surface area contributed by atoms with Gasteiger partial charge in [-0.2, -0.15) is 5.26 Å². The predicted octanol–water partition coefficient (Wildman–Crippen LogP) is 2.62. The Balaban J connectivity index is 1.78. The van der Waals surface area contributed by atoms with Crippen molar-refractivity contribution in [2.24, 2.45) is 5.92 Å². The van der Waals surface area contributed by atoms with Gasteiger partial charge in [0.05, 0.1) is 11.5 Å². The molecule has 3 nitrogen and oxygen atoms in total. The second-order valence-electron chi connectivity index (χ2n) is 5.76. The van der Waals surface area contributed by atoms with Crippen LogP contribution in [0.25, 0.3) is 0 Å². The highest BCUT2D eigenvalue weighted by Gasteiger charge is 2.54. The van der Waals surface area contributed by atoms with Crippen molar-refractivity contribution in [3.63, 3.8) is 0 Å². The largest absolute Gasteiger partial charge is 0.342 e. The minimum Gasteiger partial charge on any atom is -0.342 e. The first kappa shape index (κ1) is 13.1. The van der Waals surface area contributed by atoms with E-state index < -0.39 is 5.41 Å². The Hall–Kier alpha value is -1.89. The molecule has 1 heterocycles. The summed E-state index contributed by atoms with van der Waals surface area (Å²) in [5, 5.41) is 8.90. The average Bonchev–Trinajstić information content (AvgIpc) is 3.29. The lowest BCUT2D eigenvalue weighted by Crippen LogP contribution is -2.44. The molecule has 1 aliphatic heterocycles. The molecule has 0 bridgehead atoms. The van der Waals surface area contributed by atoms with Gasteiger partial charge >= 0.3 is 0 Å². The van der Waals surface area contributed by atoms with Crippen molar-refractivity contribution in [3.8, 4) is 6.07 Å². The molecule has 1 amide bonds. The molecule has 0 unspecified atom stereocenters. The standard InChI is InChI=1S/C16H17FN2O/c17-14-4-2-1-3-13(14)16(7-8-16)15(20)19-9-5-12(11-18)6-10-19/h1-4,12H,5-10H2. The van der Waals surface area contributed by atoms with Crippen LogP contribution in [-0.4, -0.2) is 23.9 Å². The Bertz CT molecular complexity index is 566. The molecule has 104 valence electrons. The molecule has 0 spiro atoms. The molecule has 0 atom stereocenters. The van der Waals surface area contributed by atoms with E-state index in [1.54, 1.807) is 18.2 Å². The van der Waals surface area contributed by atoms with E-state index in [-0.39, 0.29) is 17.6 Å². The van der Waals surface area contributed by atoms with Gasteiger partial charge in [0, 0.05) is 24.6 Å². The summed E-state index contributed by atoms with van der Waals surface area (Å²) in [7, 11) is 0. The molecule has 3 rings (SSSR count). The Labute approximate surface area is 118 Å². The van der Waals surface area contributed by atoms with Crippen LogP contribution < -0.4 is 0 Å². The SMILES string of the molecule is N#CC1CCN(C(=O)C2(c3ccccc3F)CC2)CC1. The van der Waals surface area contributed by atoms with Crippen molar-refractivity contribution in [1.29, 1.82) is 5.26 Å². The number of nitrogens with zero attached hydrogens (tertiary/aromatic N) is 2. The van der Waals surface area contributed by atoms with E-state index in [1.165, 1.54) is 6.07 Å². The van der Waals surface area contributed by atoms with Crippen LogP contribution in [0.1, 0.15) is 31.2 Å². The summed E-state index contributed by atoms with van der Waals surface area (Å²) in [5.74, 6) is -0.188. The summed E-state index contributed by atoms with van der Waals surface area (Å²) in [6, 6.07) is 8.84. The van der Waals surface area contributed by atoms with Crippen LogP contribution in [-0.2, 0) is 10.2 Å². The maximum Gasteiger partial charge on any atom is 0.233 e. The summed E-state index contributed by atoms with van der Waals surface area (Å²) in [6.45, 7) is 1.24. The number of benzene rings is 1. The number of amides is 1. The fourth-order valence-corrected chi connectivity index (χ4v) is 3.09. The lowest BCUT2D eigenvalue weighted by molar-refractivity contribution is -0.135. The van der Waals surface area contributed by atoms with Crippen molar-refractivity contribution in [1.82, 2.24) is 4.90 Å². The maximum absolute atomic E-state index is 14.0. The Morgan fingerprint density at radius 3 is 2.50 bits per heavy atom. The van der Waals surface area contributed by atoms with E-state index in [0.29, 0.717) is 18.7 Å². The molecule has 1 aliphatic carbocycles. The number of carbonyl (C=O) groups excluding carboxylic acids is 1. The number of likely N-dealkylation sites (tertiary alicyclic amines) is 1. The number of rotatable bonds is 2. The lowest BCUT2D eigenvalue weighted by atomic mass is 9.91. The van der Waals surface area contributed by atoms with Gasteiger partial charge in [0.1, 0.15) is 5.82 Å². The number of carbonyl (C=O) groups is 1. The maximum atomic E-state index is 14.0. The minimum atomic E-state index is -0.634. The summed E-state index contributed by atoms with van der Waals surface area (Å²) < 4.78 is 14.0. The zero-order valence-electron chi connectivity index (χ0n) is 11.3. The zero-order valence-corrected chi connectivity index (χ0v) is 11.3. The van der Waals surface area contributed by atoms with E-state index in [2.05, 4.69) is 6.07 Å². The van der Waals surface area contributed by atoms with E-state index in [1.807, 2.05) is 4.90 Å². The fourth-order valence-electron chi connectivity index (χ4n) is 3.09. The molecular weight excluding hydrogens is 255 g/mol. The molecule has 1 aromatic carbocycles. The van der Waals surface area contributed by atoms with Crippen LogP contribution >= 0.6 is 0 Å². The van der Waals surface area contributed by atoms with E-state index in [0.717, 1.165) is 25.7 Å². The van der Waals surface area contributed by atoms with Gasteiger partial charge < -0.3 is 4.90 Å². The first-order chi connectivity index (χ1) is 9.67. The molecule has 1 saturated carbocycles. The molecule has 2 fully saturated rings. The van der Waals surface area contributed by atoms with Gasteiger partial charge in [0.25, 0.3) is 0 Å². The Morgan fingerprint density at radius 2 is 1.95 bits per heavy atom. The molecular formula is C16H17FN2O. The quantitative estimate of drug-likeness (QED) is 0.830. The van der Waals surface area contributed by atoms with E-state index >= 15 is 0 Å². The molecule has 0 N–H and O–H groups in total. The van der Waals surface area contributed by atoms with Crippen molar-refractivity contribution in [3.05, 3.63) is 35.6 Å². The van der Waals surface area contributed by atoms with E-state index in [9.17, 15) is 9.18 Å². The predicted molar refractivity (Wildman–Crippen MR) is 72.2 cm³/mol. The molecule has 1 aromatic rings. The molecule has 1 saturated heterocycles. The third-order valence-corrected chi connectivity index (χ3v) is 4.51. The summed E-state index contributed by atoms with van der Waals surface area (Å²) in [4.78, 5) is 14.5. The van der Waals surface area contributed by atoms with Crippen molar-refractivity contribution >= 4 is 5.91 Å². The highest BCUT2D eigenvalue weighted by Crippen LogP contribution is 2.50. The van der Waals surface area contributed by atoms with Crippen LogP contribution in [0.3, 0.4) is 0 Å². The third-order valence-electron chi connectivity index (χ3n) is 4.51. The first-order valence-electron chi connectivity index (χ1n) is 7.11. The molecule has 20 heavy (non-hydrogen) atoms. The fraction of sp³-hybridized carbons (Fsp3) is 0.500. The number of nitriles is 1. The average molecular weight is 272 g/mol. The number of halogens is 1. The van der Waals surface area contributed by atoms with Crippen LogP contribution in [0, 0.1) is 23.1 Å². The summed E-state index contributed by atoms with van der Waals surface area (Å²) >= 11 is 0. The van der Waals surface area contributed by atoms with Crippen LogP contribution in [0.4, 0.5) is 4.39 Å². The Kier molecular flexibility index (Phi) is 3.21. The zero-order chi connectivity index (χ0) is 14.2. The van der Waals surface area contributed by atoms with Crippen molar-refractivity contribution < 1.29 is 9.18 Å². The van der Waals surface area contributed by atoms with Crippen LogP contribution in [0.5, 0.6) is 0 Å². The van der Waals surface area contributed by atoms with Gasteiger partial charge in [-0.1, -0.05) is 18.2 Å². The van der Waals surface area contributed by atoms with Gasteiger partial charge in [-0.05, 0) is 31.7 Å². The smallest absolute Gasteiger partial charge is 0.233 e. The van der Waals surface area contributed by atoms with Gasteiger partial charge in [-0.15, -0.1) is 0 Å².